The maximum Gasteiger partial charge on any atom is 0.358 e. The third-order valence-corrected chi connectivity index (χ3v) is 3.79. The van der Waals surface area contributed by atoms with Crippen LogP contribution in [0.2, 0.25) is 0 Å². The Morgan fingerprint density at radius 2 is 1.69 bits per heavy atom. The van der Waals surface area contributed by atoms with Crippen molar-refractivity contribution in [3.8, 4) is 0 Å². The molecule has 2 heterocycles. The number of rotatable bonds is 6. The number of nitrogens with zero attached hydrogens (tertiary/aromatic N) is 3. The summed E-state index contributed by atoms with van der Waals surface area (Å²) in [5.74, 6) is -1.01. The summed E-state index contributed by atoms with van der Waals surface area (Å²) in [5, 5.41) is 4.29. The minimum atomic E-state index is -0.947. The van der Waals surface area contributed by atoms with Gasteiger partial charge in [-0.15, -0.1) is 0 Å². The smallest absolute Gasteiger partial charge is 0.358 e. The van der Waals surface area contributed by atoms with E-state index in [1.165, 1.54) is 4.52 Å². The molecule has 29 heavy (non-hydrogen) atoms. The quantitative estimate of drug-likeness (QED) is 0.669. The van der Waals surface area contributed by atoms with Crippen LogP contribution in [-0.2, 0) is 19.0 Å². The lowest BCUT2D eigenvalue weighted by atomic mass is 10.0. The number of aromatic nitrogens is 3. The van der Waals surface area contributed by atoms with Crippen LogP contribution in [0, 0.1) is 13.8 Å². The van der Waals surface area contributed by atoms with Crippen molar-refractivity contribution < 1.29 is 23.8 Å². The fraction of sp³-hybridized carbons (Fsp3) is 0.619. The van der Waals surface area contributed by atoms with Crippen LogP contribution in [0.5, 0.6) is 0 Å². The summed E-state index contributed by atoms with van der Waals surface area (Å²) in [5.41, 5.74) is 1.91. The molecule has 0 saturated carbocycles. The SMILES string of the molecule is CC.CCOC(=O)c1cc2nc(C)c([C@H](OC(C)(C)C)C(=O)OCC)c(C)n2n1. The summed E-state index contributed by atoms with van der Waals surface area (Å²) in [6.07, 6.45) is -0.947. The molecule has 8 nitrogen and oxygen atoms in total. The first-order valence-corrected chi connectivity index (χ1v) is 9.97. The van der Waals surface area contributed by atoms with E-state index in [2.05, 4.69) is 10.1 Å². The van der Waals surface area contributed by atoms with Crippen molar-refractivity contribution in [2.45, 2.75) is 74.0 Å². The van der Waals surface area contributed by atoms with Crippen LogP contribution in [0.4, 0.5) is 0 Å². The summed E-state index contributed by atoms with van der Waals surface area (Å²) < 4.78 is 17.7. The number of aryl methyl sites for hydroxylation is 2. The van der Waals surface area contributed by atoms with Crippen molar-refractivity contribution in [1.29, 1.82) is 0 Å². The van der Waals surface area contributed by atoms with E-state index in [1.54, 1.807) is 33.8 Å². The molecule has 2 rings (SSSR count). The Balaban J connectivity index is 0.00000204. The van der Waals surface area contributed by atoms with Crippen molar-refractivity contribution in [2.24, 2.45) is 0 Å². The second-order valence-electron chi connectivity index (χ2n) is 7.08. The highest BCUT2D eigenvalue weighted by molar-refractivity contribution is 5.88. The number of fused-ring (bicyclic) bond motifs is 1. The zero-order chi connectivity index (χ0) is 22.4. The average molecular weight is 408 g/mol. The Hall–Kier alpha value is -2.48. The van der Waals surface area contributed by atoms with Gasteiger partial charge >= 0.3 is 11.9 Å². The maximum absolute atomic E-state index is 12.6. The van der Waals surface area contributed by atoms with E-state index in [-0.39, 0.29) is 18.9 Å². The van der Waals surface area contributed by atoms with Gasteiger partial charge in [0.15, 0.2) is 17.4 Å². The van der Waals surface area contributed by atoms with E-state index in [9.17, 15) is 9.59 Å². The number of carbonyl (C=O) groups excluding carboxylic acids is 2. The zero-order valence-electron chi connectivity index (χ0n) is 19.0. The second-order valence-corrected chi connectivity index (χ2v) is 7.08. The first-order chi connectivity index (χ1) is 13.6. The van der Waals surface area contributed by atoms with Crippen LogP contribution < -0.4 is 0 Å². The normalized spacial score (nSPS) is 12.2. The van der Waals surface area contributed by atoms with E-state index >= 15 is 0 Å². The third kappa shape index (κ3) is 6.00. The van der Waals surface area contributed by atoms with Gasteiger partial charge in [0.1, 0.15) is 0 Å². The molecule has 0 spiro atoms. The lowest BCUT2D eigenvalue weighted by molar-refractivity contribution is -0.167. The largest absolute Gasteiger partial charge is 0.464 e. The third-order valence-electron chi connectivity index (χ3n) is 3.79. The molecule has 0 aliphatic rings. The highest BCUT2D eigenvalue weighted by atomic mass is 16.6. The standard InChI is InChI=1S/C19H27N3O5.C2H6/c1-8-25-17(23)13-10-14-20-11(3)15(12(4)22(14)21-13)16(18(24)26-9-2)27-19(5,6)7;1-2/h10,16H,8-9H2,1-7H3;1-2H3/t16-;/m0./s1. The Morgan fingerprint density at radius 1 is 1.10 bits per heavy atom. The molecule has 0 bridgehead atoms. The fourth-order valence-electron chi connectivity index (χ4n) is 2.79. The van der Waals surface area contributed by atoms with Crippen molar-refractivity contribution >= 4 is 17.6 Å². The zero-order valence-corrected chi connectivity index (χ0v) is 19.0. The highest BCUT2D eigenvalue weighted by Crippen LogP contribution is 2.30. The number of esters is 2. The molecule has 0 aromatic carbocycles. The highest BCUT2D eigenvalue weighted by Gasteiger charge is 2.32. The lowest BCUT2D eigenvalue weighted by Gasteiger charge is -2.28. The first-order valence-electron chi connectivity index (χ1n) is 9.97. The minimum Gasteiger partial charge on any atom is -0.464 e. The van der Waals surface area contributed by atoms with Gasteiger partial charge in [0, 0.05) is 23.0 Å². The molecule has 0 unspecified atom stereocenters. The molecule has 0 fully saturated rings. The molecule has 0 aliphatic carbocycles. The van der Waals surface area contributed by atoms with Crippen molar-refractivity contribution in [2.75, 3.05) is 13.2 Å². The fourth-order valence-corrected chi connectivity index (χ4v) is 2.79. The number of hydrogen-bond acceptors (Lipinski definition) is 7. The van der Waals surface area contributed by atoms with Gasteiger partial charge in [-0.3, -0.25) is 0 Å². The van der Waals surface area contributed by atoms with Gasteiger partial charge in [-0.05, 0) is 48.5 Å². The molecular weight excluding hydrogens is 374 g/mol. The van der Waals surface area contributed by atoms with E-state index in [1.807, 2.05) is 34.6 Å². The van der Waals surface area contributed by atoms with Crippen LogP contribution in [-0.4, -0.2) is 45.4 Å². The molecule has 0 saturated heterocycles. The number of carbonyl (C=O) groups is 2. The van der Waals surface area contributed by atoms with Crippen molar-refractivity contribution in [1.82, 2.24) is 14.6 Å². The lowest BCUT2D eigenvalue weighted by Crippen LogP contribution is -2.30. The van der Waals surface area contributed by atoms with Gasteiger partial charge in [0.2, 0.25) is 0 Å². The van der Waals surface area contributed by atoms with E-state index < -0.39 is 23.6 Å². The van der Waals surface area contributed by atoms with Gasteiger partial charge in [-0.1, -0.05) is 13.8 Å². The monoisotopic (exact) mass is 407 g/mol. The minimum absolute atomic E-state index is 0.161. The molecular formula is C21H33N3O5. The molecule has 2 aromatic heterocycles. The predicted octanol–water partition coefficient (Wildman–Crippen LogP) is 3.97. The Kier molecular flexibility index (Phi) is 8.76. The van der Waals surface area contributed by atoms with Gasteiger partial charge in [-0.2, -0.15) is 5.10 Å². The Morgan fingerprint density at radius 3 is 2.21 bits per heavy atom. The van der Waals surface area contributed by atoms with Gasteiger partial charge < -0.3 is 14.2 Å². The van der Waals surface area contributed by atoms with E-state index in [4.69, 9.17) is 14.2 Å². The van der Waals surface area contributed by atoms with Crippen LogP contribution in [0.1, 0.15) is 82.0 Å². The summed E-state index contributed by atoms with van der Waals surface area (Å²) in [6, 6.07) is 1.56. The van der Waals surface area contributed by atoms with Crippen LogP contribution in [0.25, 0.3) is 5.65 Å². The number of ether oxygens (including phenoxy) is 3. The molecule has 0 amide bonds. The van der Waals surface area contributed by atoms with E-state index in [0.717, 1.165) is 0 Å². The molecule has 0 N–H and O–H groups in total. The van der Waals surface area contributed by atoms with Crippen LogP contribution in [0.3, 0.4) is 0 Å². The Labute approximate surface area is 172 Å². The van der Waals surface area contributed by atoms with Crippen molar-refractivity contribution in [3.05, 3.63) is 28.7 Å². The summed E-state index contributed by atoms with van der Waals surface area (Å²) in [7, 11) is 0. The van der Waals surface area contributed by atoms with Gasteiger partial charge in [0.25, 0.3) is 0 Å². The number of hydrogen-bond donors (Lipinski definition) is 0. The average Bonchev–Trinajstić information content (AvgIpc) is 3.06. The summed E-state index contributed by atoms with van der Waals surface area (Å²) in [6.45, 7) is 17.2. The molecule has 0 radical (unpaired) electrons. The Bertz CT molecular complexity index is 852. The van der Waals surface area contributed by atoms with Crippen LogP contribution >= 0.6 is 0 Å². The van der Waals surface area contributed by atoms with E-state index in [0.29, 0.717) is 22.6 Å². The molecule has 0 aliphatic heterocycles. The predicted molar refractivity (Wildman–Crippen MR) is 110 cm³/mol. The first kappa shape index (κ1) is 24.6. The molecule has 2 aromatic rings. The van der Waals surface area contributed by atoms with Crippen molar-refractivity contribution in [3.63, 3.8) is 0 Å². The second kappa shape index (κ2) is 10.3. The molecule has 162 valence electrons. The van der Waals surface area contributed by atoms with Gasteiger partial charge in [-0.25, -0.2) is 19.1 Å². The topological polar surface area (TPSA) is 92.0 Å². The summed E-state index contributed by atoms with van der Waals surface area (Å²) in [4.78, 5) is 29.1. The summed E-state index contributed by atoms with van der Waals surface area (Å²) >= 11 is 0. The molecule has 1 atom stereocenters. The van der Waals surface area contributed by atoms with Gasteiger partial charge in [0.05, 0.1) is 18.8 Å². The molecule has 8 heteroatoms. The van der Waals surface area contributed by atoms with Crippen LogP contribution in [0.15, 0.2) is 6.07 Å². The maximum atomic E-state index is 12.6.